The van der Waals surface area contributed by atoms with Gasteiger partial charge in [0.2, 0.25) is 0 Å². The van der Waals surface area contributed by atoms with Crippen LogP contribution in [0.2, 0.25) is 0 Å². The lowest BCUT2D eigenvalue weighted by atomic mass is 9.98. The molecule has 0 unspecified atom stereocenters. The van der Waals surface area contributed by atoms with Crippen LogP contribution in [0.15, 0.2) is 121 Å². The molecule has 1 heterocycles. The van der Waals surface area contributed by atoms with Gasteiger partial charge in [-0.3, -0.25) is 0 Å². The average molecular weight is 398 g/mol. The van der Waals surface area contributed by atoms with Gasteiger partial charge in [0.15, 0.2) is 0 Å². The first kappa shape index (κ1) is 19.0. The topological polar surface area (TPSA) is 12.9 Å². The number of hydrogen-bond donors (Lipinski definition) is 0. The minimum Gasteiger partial charge on any atom is -0.248 e. The lowest BCUT2D eigenvalue weighted by molar-refractivity contribution is 1.31. The number of hydrogen-bond acceptors (Lipinski definition) is 1. The summed E-state index contributed by atoms with van der Waals surface area (Å²) < 4.78 is 0. The van der Waals surface area contributed by atoms with Crippen molar-refractivity contribution in [3.63, 3.8) is 0 Å². The number of rotatable bonds is 4. The first-order chi connectivity index (χ1) is 15.3. The minimum absolute atomic E-state index is 0.984. The Labute approximate surface area is 183 Å². The van der Waals surface area contributed by atoms with Crippen molar-refractivity contribution >= 4 is 0 Å². The zero-order valence-corrected chi connectivity index (χ0v) is 17.5. The first-order valence-corrected chi connectivity index (χ1v) is 10.6. The molecule has 0 aliphatic heterocycles. The molecule has 5 aromatic rings. The molecule has 0 amide bonds. The molecular weight excluding hydrogens is 374 g/mol. The lowest BCUT2D eigenvalue weighted by Gasteiger charge is -2.11. The smallest absolute Gasteiger partial charge is 0.0715 e. The van der Waals surface area contributed by atoms with E-state index in [0.717, 1.165) is 22.5 Å². The second-order valence-corrected chi connectivity index (χ2v) is 7.81. The maximum absolute atomic E-state index is 5.04. The molecule has 0 saturated heterocycles. The Morgan fingerprint density at radius 1 is 0.387 bits per heavy atom. The van der Waals surface area contributed by atoms with E-state index >= 15 is 0 Å². The molecule has 4 aromatic carbocycles. The Bertz CT molecular complexity index is 1300. The Morgan fingerprint density at radius 2 is 0.871 bits per heavy atom. The van der Waals surface area contributed by atoms with Gasteiger partial charge in [0.25, 0.3) is 0 Å². The molecule has 0 bridgehead atoms. The van der Waals surface area contributed by atoms with Crippen LogP contribution in [0.4, 0.5) is 0 Å². The van der Waals surface area contributed by atoms with E-state index in [1.165, 1.54) is 27.8 Å². The van der Waals surface area contributed by atoms with Gasteiger partial charge in [-0.2, -0.15) is 0 Å². The minimum atomic E-state index is 0.984. The summed E-state index contributed by atoms with van der Waals surface area (Å²) in [6.45, 7) is 2.12. The van der Waals surface area contributed by atoms with Crippen LogP contribution in [0.1, 0.15) is 5.56 Å². The Kier molecular flexibility index (Phi) is 5.16. The Hall–Kier alpha value is -3.97. The van der Waals surface area contributed by atoms with Crippen LogP contribution >= 0.6 is 0 Å². The van der Waals surface area contributed by atoms with Gasteiger partial charge in [-0.05, 0) is 47.4 Å². The van der Waals surface area contributed by atoms with Crippen LogP contribution in [0, 0.1) is 6.92 Å². The molecule has 1 heteroatoms. The summed E-state index contributed by atoms with van der Waals surface area (Å²) in [5.74, 6) is 0. The summed E-state index contributed by atoms with van der Waals surface area (Å²) in [7, 11) is 0. The third-order valence-corrected chi connectivity index (χ3v) is 5.53. The van der Waals surface area contributed by atoms with E-state index in [2.05, 4.69) is 122 Å². The second kappa shape index (κ2) is 8.41. The molecule has 0 aliphatic rings. The summed E-state index contributed by atoms with van der Waals surface area (Å²) in [5, 5.41) is 0. The highest BCUT2D eigenvalue weighted by atomic mass is 14.7. The third-order valence-electron chi connectivity index (χ3n) is 5.53. The van der Waals surface area contributed by atoms with E-state index in [1.807, 2.05) is 6.07 Å². The first-order valence-electron chi connectivity index (χ1n) is 10.6. The summed E-state index contributed by atoms with van der Waals surface area (Å²) in [6.07, 6.45) is 0. The van der Waals surface area contributed by atoms with E-state index in [9.17, 15) is 0 Å². The van der Waals surface area contributed by atoms with Crippen LogP contribution in [0.3, 0.4) is 0 Å². The Morgan fingerprint density at radius 3 is 1.48 bits per heavy atom. The monoisotopic (exact) mass is 397 g/mol. The number of nitrogens with zero attached hydrogens (tertiary/aromatic N) is 1. The van der Waals surface area contributed by atoms with Gasteiger partial charge in [0.1, 0.15) is 0 Å². The number of benzene rings is 4. The normalized spacial score (nSPS) is 10.7. The van der Waals surface area contributed by atoms with E-state index in [-0.39, 0.29) is 0 Å². The SMILES string of the molecule is Cc1cccc(-c2cc(-c3ccccc3)cc(-c3ccc(-c4ccccc4)cc3)n2)c1. The van der Waals surface area contributed by atoms with Crippen molar-refractivity contribution in [2.24, 2.45) is 0 Å². The van der Waals surface area contributed by atoms with Crippen LogP contribution in [0.25, 0.3) is 44.8 Å². The molecule has 0 fully saturated rings. The second-order valence-electron chi connectivity index (χ2n) is 7.81. The predicted molar refractivity (Wildman–Crippen MR) is 131 cm³/mol. The molecule has 1 nitrogen and oxygen atoms in total. The van der Waals surface area contributed by atoms with Crippen molar-refractivity contribution in [3.8, 4) is 44.8 Å². The van der Waals surface area contributed by atoms with Crippen molar-refractivity contribution in [2.75, 3.05) is 0 Å². The molecule has 1 aromatic heterocycles. The molecule has 148 valence electrons. The van der Waals surface area contributed by atoms with Crippen molar-refractivity contribution in [1.29, 1.82) is 0 Å². The van der Waals surface area contributed by atoms with E-state index < -0.39 is 0 Å². The summed E-state index contributed by atoms with van der Waals surface area (Å²) in [4.78, 5) is 5.04. The summed E-state index contributed by atoms with van der Waals surface area (Å²) in [6, 6.07) is 42.6. The average Bonchev–Trinajstić information content (AvgIpc) is 2.85. The molecule has 0 N–H and O–H groups in total. The van der Waals surface area contributed by atoms with Crippen LogP contribution in [-0.2, 0) is 0 Å². The maximum atomic E-state index is 5.04. The molecule has 0 spiro atoms. The van der Waals surface area contributed by atoms with Crippen molar-refractivity contribution in [1.82, 2.24) is 4.98 Å². The van der Waals surface area contributed by atoms with Gasteiger partial charge in [-0.25, -0.2) is 4.98 Å². The molecule has 31 heavy (non-hydrogen) atoms. The number of aromatic nitrogens is 1. The van der Waals surface area contributed by atoms with Crippen LogP contribution in [-0.4, -0.2) is 4.98 Å². The maximum Gasteiger partial charge on any atom is 0.0715 e. The fourth-order valence-corrected chi connectivity index (χ4v) is 3.89. The van der Waals surface area contributed by atoms with Crippen molar-refractivity contribution in [2.45, 2.75) is 6.92 Å². The number of aryl methyl sites for hydroxylation is 1. The molecule has 0 aliphatic carbocycles. The third kappa shape index (κ3) is 4.17. The largest absolute Gasteiger partial charge is 0.248 e. The van der Waals surface area contributed by atoms with Gasteiger partial charge in [0.05, 0.1) is 11.4 Å². The van der Waals surface area contributed by atoms with Crippen molar-refractivity contribution in [3.05, 3.63) is 127 Å². The lowest BCUT2D eigenvalue weighted by Crippen LogP contribution is -1.91. The molecular formula is C30H23N. The van der Waals surface area contributed by atoms with Gasteiger partial charge < -0.3 is 0 Å². The fraction of sp³-hybridized carbons (Fsp3) is 0.0333. The van der Waals surface area contributed by atoms with E-state index in [4.69, 9.17) is 4.98 Å². The molecule has 5 rings (SSSR count). The summed E-state index contributed by atoms with van der Waals surface area (Å²) in [5.41, 5.74) is 10.3. The fourth-order valence-electron chi connectivity index (χ4n) is 3.89. The molecule has 0 atom stereocenters. The predicted octanol–water partition coefficient (Wildman–Crippen LogP) is 8.06. The molecule has 0 radical (unpaired) electrons. The van der Waals surface area contributed by atoms with Crippen LogP contribution in [0.5, 0.6) is 0 Å². The number of pyridine rings is 1. The highest BCUT2D eigenvalue weighted by Gasteiger charge is 2.09. The van der Waals surface area contributed by atoms with E-state index in [0.29, 0.717) is 0 Å². The zero-order valence-electron chi connectivity index (χ0n) is 17.5. The van der Waals surface area contributed by atoms with E-state index in [1.54, 1.807) is 0 Å². The van der Waals surface area contributed by atoms with Crippen molar-refractivity contribution < 1.29 is 0 Å². The Balaban J connectivity index is 1.61. The standard InChI is InChI=1S/C30H23N/c1-22-9-8-14-27(19-22)30-21-28(24-12-6-3-7-13-24)20-29(31-30)26-17-15-25(16-18-26)23-10-4-2-5-11-23/h2-21H,1H3. The quantitative estimate of drug-likeness (QED) is 0.299. The van der Waals surface area contributed by atoms with Gasteiger partial charge >= 0.3 is 0 Å². The van der Waals surface area contributed by atoms with Gasteiger partial charge in [-0.15, -0.1) is 0 Å². The van der Waals surface area contributed by atoms with Gasteiger partial charge in [0, 0.05) is 11.1 Å². The van der Waals surface area contributed by atoms with Gasteiger partial charge in [-0.1, -0.05) is 109 Å². The zero-order chi connectivity index (χ0) is 21.0. The summed E-state index contributed by atoms with van der Waals surface area (Å²) >= 11 is 0. The highest BCUT2D eigenvalue weighted by molar-refractivity contribution is 5.77. The highest BCUT2D eigenvalue weighted by Crippen LogP contribution is 2.31. The molecule has 0 saturated carbocycles. The van der Waals surface area contributed by atoms with Crippen LogP contribution < -0.4 is 0 Å².